The van der Waals surface area contributed by atoms with Gasteiger partial charge in [-0.05, 0) is 80.6 Å². The van der Waals surface area contributed by atoms with Crippen LogP contribution in [0.5, 0.6) is 0 Å². The Balaban J connectivity index is 1.33. The van der Waals surface area contributed by atoms with E-state index in [-0.39, 0.29) is 18.1 Å². The first-order chi connectivity index (χ1) is 20.0. The summed E-state index contributed by atoms with van der Waals surface area (Å²) in [5.74, 6) is 0.309. The van der Waals surface area contributed by atoms with Gasteiger partial charge in [0.2, 0.25) is 0 Å². The van der Waals surface area contributed by atoms with Crippen molar-refractivity contribution in [2.75, 3.05) is 29.0 Å². The maximum atomic E-state index is 14.5. The molecule has 0 spiro atoms. The number of nitrogen functional groups attached to an aromatic ring is 1. The van der Waals surface area contributed by atoms with Gasteiger partial charge in [-0.1, -0.05) is 49.6 Å². The standard InChI is InChI=1S/C33H38N6O2/c1-23-12-17-29-30(22-23)38(27-15-13-25(34)14-16-27)33(41)39(36-31(29)24-8-4-2-5-9-24)28-18-20-37(21-19-28)32(40)35-26-10-6-3-7-11-26/h3,6-7,10-17,22,24,28H,2,4-5,8-9,18-21,34H2,1H3,(H,35,40). The summed E-state index contributed by atoms with van der Waals surface area (Å²) < 4.78 is 0. The second-order valence-corrected chi connectivity index (χ2v) is 11.4. The monoisotopic (exact) mass is 550 g/mol. The molecule has 3 aromatic rings. The Bertz CT molecular complexity index is 1420. The first-order valence-electron chi connectivity index (χ1n) is 14.8. The lowest BCUT2D eigenvalue weighted by Gasteiger charge is -2.37. The van der Waals surface area contributed by atoms with Crippen molar-refractivity contribution in [2.45, 2.75) is 57.9 Å². The van der Waals surface area contributed by atoms with Gasteiger partial charge >= 0.3 is 12.1 Å². The fraction of sp³-hybridized carbons (Fsp3) is 0.364. The van der Waals surface area contributed by atoms with Crippen molar-refractivity contribution < 1.29 is 9.59 Å². The number of amides is 4. The molecule has 3 aliphatic rings. The van der Waals surface area contributed by atoms with Gasteiger partial charge in [0.25, 0.3) is 0 Å². The number of rotatable bonds is 4. The Hall–Kier alpha value is -4.33. The summed E-state index contributed by atoms with van der Waals surface area (Å²) in [5.41, 5.74) is 12.2. The molecule has 41 heavy (non-hydrogen) atoms. The molecule has 212 valence electrons. The third-order valence-electron chi connectivity index (χ3n) is 8.54. The molecule has 2 fully saturated rings. The molecule has 0 atom stereocenters. The number of nitrogens with one attached hydrogen (secondary N) is 1. The van der Waals surface area contributed by atoms with Gasteiger partial charge in [0.05, 0.1) is 23.1 Å². The number of fused-ring (bicyclic) bond motifs is 1. The summed E-state index contributed by atoms with van der Waals surface area (Å²) in [6, 6.07) is 22.9. The van der Waals surface area contributed by atoms with Gasteiger partial charge in [-0.15, -0.1) is 0 Å². The number of hydrogen-bond acceptors (Lipinski definition) is 4. The molecule has 1 saturated carbocycles. The molecule has 0 unspecified atom stereocenters. The summed E-state index contributed by atoms with van der Waals surface area (Å²) in [7, 11) is 0. The first-order valence-corrected chi connectivity index (χ1v) is 14.8. The maximum absolute atomic E-state index is 14.5. The zero-order valence-electron chi connectivity index (χ0n) is 23.6. The van der Waals surface area contributed by atoms with Gasteiger partial charge in [0.1, 0.15) is 0 Å². The molecular weight excluding hydrogens is 512 g/mol. The predicted octanol–water partition coefficient (Wildman–Crippen LogP) is 7.13. The van der Waals surface area contributed by atoms with Crippen LogP contribution in [-0.2, 0) is 0 Å². The maximum Gasteiger partial charge on any atom is 0.349 e. The molecule has 8 nitrogen and oxygen atoms in total. The van der Waals surface area contributed by atoms with E-state index in [1.807, 2.05) is 59.5 Å². The Labute approximate surface area is 241 Å². The third kappa shape index (κ3) is 5.64. The zero-order valence-corrected chi connectivity index (χ0v) is 23.6. The topological polar surface area (TPSA) is 94.3 Å². The van der Waals surface area contributed by atoms with Crippen molar-refractivity contribution in [1.82, 2.24) is 9.91 Å². The second kappa shape index (κ2) is 11.6. The average molecular weight is 551 g/mol. The minimum Gasteiger partial charge on any atom is -0.399 e. The number of nitrogens with zero attached hydrogens (tertiary/aromatic N) is 4. The van der Waals surface area contributed by atoms with Crippen LogP contribution in [0.15, 0.2) is 77.9 Å². The van der Waals surface area contributed by atoms with E-state index in [1.165, 1.54) is 19.3 Å². The van der Waals surface area contributed by atoms with Gasteiger partial charge in [0, 0.05) is 35.9 Å². The Morgan fingerprint density at radius 1 is 0.902 bits per heavy atom. The average Bonchev–Trinajstić information content (AvgIpc) is 3.12. The van der Waals surface area contributed by atoms with E-state index in [0.29, 0.717) is 37.5 Å². The minimum atomic E-state index is -0.167. The highest BCUT2D eigenvalue weighted by atomic mass is 16.2. The fourth-order valence-corrected chi connectivity index (χ4v) is 6.29. The number of hydrazone groups is 1. The van der Waals surface area contributed by atoms with Crippen molar-refractivity contribution in [2.24, 2.45) is 11.0 Å². The molecule has 1 saturated heterocycles. The number of anilines is 4. The molecule has 4 amide bonds. The van der Waals surface area contributed by atoms with Crippen molar-refractivity contribution in [3.63, 3.8) is 0 Å². The molecular formula is C33H38N6O2. The normalized spacial score (nSPS) is 18.5. The summed E-state index contributed by atoms with van der Waals surface area (Å²) in [6.45, 7) is 3.16. The Morgan fingerprint density at radius 2 is 1.61 bits per heavy atom. The Kier molecular flexibility index (Phi) is 7.63. The van der Waals surface area contributed by atoms with Crippen LogP contribution in [0.1, 0.15) is 56.1 Å². The van der Waals surface area contributed by atoms with Gasteiger partial charge in [-0.25, -0.2) is 14.6 Å². The number of likely N-dealkylation sites (tertiary alicyclic amines) is 1. The second-order valence-electron chi connectivity index (χ2n) is 11.4. The van der Waals surface area contributed by atoms with Crippen molar-refractivity contribution in [3.05, 3.63) is 83.9 Å². The lowest BCUT2D eigenvalue weighted by molar-refractivity contribution is 0.138. The van der Waals surface area contributed by atoms with Crippen LogP contribution in [0.2, 0.25) is 0 Å². The summed E-state index contributed by atoms with van der Waals surface area (Å²) in [4.78, 5) is 31.1. The summed E-state index contributed by atoms with van der Waals surface area (Å²) >= 11 is 0. The lowest BCUT2D eigenvalue weighted by Crippen LogP contribution is -2.50. The van der Waals surface area contributed by atoms with Crippen LogP contribution < -0.4 is 16.0 Å². The number of para-hydroxylation sites is 1. The van der Waals surface area contributed by atoms with Crippen LogP contribution in [0.4, 0.5) is 32.3 Å². The number of nitrogens with two attached hydrogens (primary N) is 1. The van der Waals surface area contributed by atoms with E-state index in [2.05, 4.69) is 30.4 Å². The highest BCUT2D eigenvalue weighted by Gasteiger charge is 2.38. The highest BCUT2D eigenvalue weighted by Crippen LogP contribution is 2.39. The highest BCUT2D eigenvalue weighted by molar-refractivity contribution is 6.14. The van der Waals surface area contributed by atoms with Gasteiger partial charge in [-0.2, -0.15) is 5.10 Å². The molecule has 2 aliphatic heterocycles. The van der Waals surface area contributed by atoms with E-state index in [9.17, 15) is 9.59 Å². The number of piperidine rings is 1. The zero-order chi connectivity index (χ0) is 28.3. The summed E-state index contributed by atoms with van der Waals surface area (Å²) in [6.07, 6.45) is 7.06. The lowest BCUT2D eigenvalue weighted by atomic mass is 9.82. The van der Waals surface area contributed by atoms with Crippen LogP contribution in [-0.4, -0.2) is 46.8 Å². The van der Waals surface area contributed by atoms with E-state index in [1.54, 1.807) is 9.91 Å². The van der Waals surface area contributed by atoms with Crippen LogP contribution in [0, 0.1) is 12.8 Å². The molecule has 1 aliphatic carbocycles. The number of carbonyl (C=O) groups is 2. The molecule has 0 radical (unpaired) electrons. The Morgan fingerprint density at radius 3 is 2.32 bits per heavy atom. The molecule has 6 rings (SSSR count). The van der Waals surface area contributed by atoms with Crippen LogP contribution >= 0.6 is 0 Å². The van der Waals surface area contributed by atoms with E-state index in [4.69, 9.17) is 10.8 Å². The SMILES string of the molecule is Cc1ccc2c(c1)N(c1ccc(N)cc1)C(=O)N(C1CCN(C(=O)Nc3ccccc3)CC1)N=C2C1CCCCC1. The quantitative estimate of drug-likeness (QED) is 0.338. The number of urea groups is 2. The van der Waals surface area contributed by atoms with E-state index < -0.39 is 0 Å². The molecule has 0 bridgehead atoms. The van der Waals surface area contributed by atoms with Crippen LogP contribution in [0.25, 0.3) is 0 Å². The van der Waals surface area contributed by atoms with Gasteiger partial charge in [-0.3, -0.25) is 4.90 Å². The molecule has 0 aromatic heterocycles. The predicted molar refractivity (Wildman–Crippen MR) is 165 cm³/mol. The van der Waals surface area contributed by atoms with Crippen molar-refractivity contribution >= 4 is 40.5 Å². The van der Waals surface area contributed by atoms with Gasteiger partial charge in [0.15, 0.2) is 0 Å². The molecule has 3 N–H and O–H groups in total. The van der Waals surface area contributed by atoms with Gasteiger partial charge < -0.3 is 16.0 Å². The molecule has 2 heterocycles. The van der Waals surface area contributed by atoms with Crippen molar-refractivity contribution in [3.8, 4) is 0 Å². The number of aryl methyl sites for hydroxylation is 1. The summed E-state index contributed by atoms with van der Waals surface area (Å²) in [5, 5.41) is 9.93. The smallest absolute Gasteiger partial charge is 0.349 e. The third-order valence-corrected chi connectivity index (χ3v) is 8.54. The minimum absolute atomic E-state index is 0.116. The number of hydrogen-bond donors (Lipinski definition) is 2. The first kappa shape index (κ1) is 26.9. The van der Waals surface area contributed by atoms with E-state index in [0.717, 1.165) is 46.7 Å². The molecule has 8 heteroatoms. The molecule has 3 aromatic carbocycles. The number of carbonyl (C=O) groups excluding carboxylic acids is 2. The van der Waals surface area contributed by atoms with E-state index >= 15 is 0 Å². The number of benzene rings is 3. The fourth-order valence-electron chi connectivity index (χ4n) is 6.29. The van der Waals surface area contributed by atoms with Crippen LogP contribution in [0.3, 0.4) is 0 Å². The largest absolute Gasteiger partial charge is 0.399 e. The van der Waals surface area contributed by atoms with Crippen molar-refractivity contribution in [1.29, 1.82) is 0 Å².